The van der Waals surface area contributed by atoms with E-state index in [1.54, 1.807) is 0 Å². The van der Waals surface area contributed by atoms with Crippen LogP contribution in [0.5, 0.6) is 0 Å². The summed E-state index contributed by atoms with van der Waals surface area (Å²) in [6.45, 7) is 1.04. The zero-order valence-electron chi connectivity index (χ0n) is 11.5. The summed E-state index contributed by atoms with van der Waals surface area (Å²) in [7, 11) is -2.01. The van der Waals surface area contributed by atoms with Crippen molar-refractivity contribution in [1.29, 1.82) is 0 Å². The Morgan fingerprint density at radius 1 is 1.21 bits per heavy atom. The molecule has 0 atom stereocenters. The maximum Gasteiger partial charge on any atom is 0.282 e. The highest BCUT2D eigenvalue weighted by molar-refractivity contribution is 7.86. The third kappa shape index (κ3) is 4.15. The summed E-state index contributed by atoms with van der Waals surface area (Å²) in [5, 5.41) is 2.81. The number of nitrogens with one attached hydrogen (secondary N) is 1. The van der Waals surface area contributed by atoms with Crippen LogP contribution in [0, 0.1) is 0 Å². The second-order valence-electron chi connectivity index (χ2n) is 5.42. The van der Waals surface area contributed by atoms with Crippen molar-refractivity contribution in [2.45, 2.75) is 44.6 Å². The summed E-state index contributed by atoms with van der Waals surface area (Å²) in [4.78, 5) is 11.7. The van der Waals surface area contributed by atoms with E-state index in [0.717, 1.165) is 42.8 Å². The van der Waals surface area contributed by atoms with Gasteiger partial charge in [-0.1, -0.05) is 12.8 Å². The maximum atomic E-state index is 12.3. The first kappa shape index (κ1) is 14.7. The number of likely N-dealkylation sites (N-methyl/N-ethyl adjacent to an activating group) is 1. The second-order valence-corrected chi connectivity index (χ2v) is 7.45. The van der Waals surface area contributed by atoms with Crippen LogP contribution in [0.1, 0.15) is 38.5 Å². The Hall–Kier alpha value is -0.660. The molecular formula is C12H23N3O3S. The molecule has 1 aliphatic carbocycles. The molecule has 0 unspecified atom stereocenters. The molecule has 1 saturated carbocycles. The van der Waals surface area contributed by atoms with Crippen LogP contribution < -0.4 is 5.32 Å². The van der Waals surface area contributed by atoms with Crippen molar-refractivity contribution in [2.75, 3.05) is 26.7 Å². The predicted octanol–water partition coefficient (Wildman–Crippen LogP) is 0.318. The van der Waals surface area contributed by atoms with Crippen molar-refractivity contribution in [3.63, 3.8) is 0 Å². The summed E-state index contributed by atoms with van der Waals surface area (Å²) in [6.07, 6.45) is 5.99. The van der Waals surface area contributed by atoms with Gasteiger partial charge in [-0.3, -0.25) is 4.79 Å². The molecule has 110 valence electrons. The molecule has 2 fully saturated rings. The lowest BCUT2D eigenvalue weighted by Gasteiger charge is -2.25. The van der Waals surface area contributed by atoms with Crippen molar-refractivity contribution in [3.05, 3.63) is 0 Å². The minimum atomic E-state index is -3.49. The van der Waals surface area contributed by atoms with Crippen molar-refractivity contribution < 1.29 is 13.2 Å². The predicted molar refractivity (Wildman–Crippen MR) is 72.8 cm³/mol. The Kier molecular flexibility index (Phi) is 4.81. The zero-order valence-corrected chi connectivity index (χ0v) is 12.3. The van der Waals surface area contributed by atoms with Gasteiger partial charge in [0.25, 0.3) is 10.2 Å². The van der Waals surface area contributed by atoms with Gasteiger partial charge in [-0.25, -0.2) is 0 Å². The molecule has 2 aliphatic rings. The third-order valence-electron chi connectivity index (χ3n) is 3.59. The Morgan fingerprint density at radius 2 is 1.79 bits per heavy atom. The molecule has 1 N–H and O–H groups in total. The van der Waals surface area contributed by atoms with Crippen molar-refractivity contribution in [2.24, 2.45) is 0 Å². The molecule has 2 rings (SSSR count). The first-order valence-electron chi connectivity index (χ1n) is 7.01. The van der Waals surface area contributed by atoms with Crippen LogP contribution in [0.4, 0.5) is 0 Å². The number of hydrogen-bond donors (Lipinski definition) is 1. The molecule has 1 heterocycles. The fourth-order valence-corrected chi connectivity index (χ4v) is 3.65. The summed E-state index contributed by atoms with van der Waals surface area (Å²) >= 11 is 0. The summed E-state index contributed by atoms with van der Waals surface area (Å²) in [6, 6.07) is 0.266. The Balaban J connectivity index is 1.90. The van der Waals surface area contributed by atoms with Crippen molar-refractivity contribution in [3.8, 4) is 0 Å². The number of hydrogen-bond acceptors (Lipinski definition) is 3. The molecule has 1 saturated heterocycles. The molecule has 1 amide bonds. The highest BCUT2D eigenvalue weighted by Gasteiger charge is 2.30. The van der Waals surface area contributed by atoms with Gasteiger partial charge in [-0.15, -0.1) is 0 Å². The van der Waals surface area contributed by atoms with Gasteiger partial charge in [0.15, 0.2) is 0 Å². The van der Waals surface area contributed by atoms with Crippen LogP contribution in [0.15, 0.2) is 0 Å². The van der Waals surface area contributed by atoms with Gasteiger partial charge in [0, 0.05) is 26.2 Å². The lowest BCUT2D eigenvalue weighted by Crippen LogP contribution is -2.46. The van der Waals surface area contributed by atoms with E-state index in [4.69, 9.17) is 0 Å². The number of rotatable bonds is 5. The van der Waals surface area contributed by atoms with E-state index in [1.807, 2.05) is 0 Å². The van der Waals surface area contributed by atoms with Gasteiger partial charge < -0.3 is 5.32 Å². The first-order valence-corrected chi connectivity index (χ1v) is 8.40. The largest absolute Gasteiger partial charge is 0.352 e. The fraction of sp³-hybridized carbons (Fsp3) is 0.917. The Labute approximate surface area is 115 Å². The van der Waals surface area contributed by atoms with E-state index in [-0.39, 0.29) is 18.5 Å². The van der Waals surface area contributed by atoms with Crippen LogP contribution in [0.2, 0.25) is 0 Å². The van der Waals surface area contributed by atoms with Gasteiger partial charge in [-0.05, 0) is 25.7 Å². The topological polar surface area (TPSA) is 69.7 Å². The molecule has 0 aromatic heterocycles. The van der Waals surface area contributed by atoms with E-state index in [1.165, 1.54) is 11.4 Å². The first-order chi connectivity index (χ1) is 9.00. The van der Waals surface area contributed by atoms with E-state index < -0.39 is 10.2 Å². The standard InChI is InChI=1S/C12H23N3O3S/c1-14(10-12(16)13-11-6-7-11)19(17,18)15-8-4-2-3-5-9-15/h11H,2-10H2,1H3,(H,13,16). The lowest BCUT2D eigenvalue weighted by molar-refractivity contribution is -0.121. The highest BCUT2D eigenvalue weighted by Crippen LogP contribution is 2.19. The number of carbonyl (C=O) groups excluding carboxylic acids is 1. The zero-order chi connectivity index (χ0) is 13.9. The average molecular weight is 289 g/mol. The molecule has 0 spiro atoms. The van der Waals surface area contributed by atoms with Crippen LogP contribution in [-0.2, 0) is 15.0 Å². The molecule has 7 heteroatoms. The van der Waals surface area contributed by atoms with Crippen LogP contribution in [-0.4, -0.2) is 55.7 Å². The number of carbonyl (C=O) groups is 1. The van der Waals surface area contributed by atoms with Crippen molar-refractivity contribution >= 4 is 16.1 Å². The van der Waals surface area contributed by atoms with E-state index in [9.17, 15) is 13.2 Å². The van der Waals surface area contributed by atoms with Crippen LogP contribution in [0.3, 0.4) is 0 Å². The van der Waals surface area contributed by atoms with E-state index in [2.05, 4.69) is 5.32 Å². The fourth-order valence-electron chi connectivity index (χ4n) is 2.25. The van der Waals surface area contributed by atoms with Gasteiger partial charge in [0.05, 0.1) is 6.54 Å². The van der Waals surface area contributed by atoms with Gasteiger partial charge in [0.1, 0.15) is 0 Å². The number of nitrogens with zero attached hydrogens (tertiary/aromatic N) is 2. The highest BCUT2D eigenvalue weighted by atomic mass is 32.2. The molecule has 0 radical (unpaired) electrons. The van der Waals surface area contributed by atoms with Crippen LogP contribution >= 0.6 is 0 Å². The minimum absolute atomic E-state index is 0.0880. The van der Waals surface area contributed by atoms with Gasteiger partial charge in [-0.2, -0.15) is 17.0 Å². The normalized spacial score (nSPS) is 22.2. The quantitative estimate of drug-likeness (QED) is 0.792. The molecule has 0 bridgehead atoms. The van der Waals surface area contributed by atoms with E-state index in [0.29, 0.717) is 13.1 Å². The average Bonchev–Trinajstić information content (AvgIpc) is 3.14. The maximum absolute atomic E-state index is 12.3. The van der Waals surface area contributed by atoms with Gasteiger partial charge >= 0.3 is 0 Å². The Morgan fingerprint density at radius 3 is 2.32 bits per heavy atom. The lowest BCUT2D eigenvalue weighted by atomic mass is 10.2. The molecule has 19 heavy (non-hydrogen) atoms. The van der Waals surface area contributed by atoms with Crippen LogP contribution in [0.25, 0.3) is 0 Å². The number of amides is 1. The molecule has 0 aromatic rings. The van der Waals surface area contributed by atoms with E-state index >= 15 is 0 Å². The monoisotopic (exact) mass is 289 g/mol. The molecule has 6 nitrogen and oxygen atoms in total. The van der Waals surface area contributed by atoms with Gasteiger partial charge in [0.2, 0.25) is 5.91 Å². The second kappa shape index (κ2) is 6.19. The molecular weight excluding hydrogens is 266 g/mol. The third-order valence-corrected chi connectivity index (χ3v) is 5.53. The molecule has 0 aromatic carbocycles. The summed E-state index contributed by atoms with van der Waals surface area (Å²) in [5.74, 6) is -0.205. The summed E-state index contributed by atoms with van der Waals surface area (Å²) in [5.41, 5.74) is 0. The minimum Gasteiger partial charge on any atom is -0.352 e. The summed E-state index contributed by atoms with van der Waals surface area (Å²) < 4.78 is 27.4. The smallest absolute Gasteiger partial charge is 0.282 e. The molecule has 1 aliphatic heterocycles. The Bertz CT molecular complexity index is 412. The van der Waals surface area contributed by atoms with Crippen molar-refractivity contribution in [1.82, 2.24) is 13.9 Å². The SMILES string of the molecule is CN(CC(=O)NC1CC1)S(=O)(=O)N1CCCCCC1.